The fourth-order valence-corrected chi connectivity index (χ4v) is 1.39. The Balaban J connectivity index is 0.000000810. The predicted octanol–water partition coefficient (Wildman–Crippen LogP) is 1.63. The fraction of sp³-hybridized carbons (Fsp3) is 1.00. The van der Waals surface area contributed by atoms with Gasteiger partial charge in [-0.3, -0.25) is 0 Å². The number of rotatable bonds is 2. The standard InChI is InChI=1S/C7H15NO.H3N/c1-9-8-7-5-3-2-4-6-7;/h7-8H,2-6H2,1H3;1H3. The van der Waals surface area contributed by atoms with E-state index >= 15 is 0 Å². The molecule has 0 atom stereocenters. The van der Waals surface area contributed by atoms with Crippen molar-refractivity contribution in [2.75, 3.05) is 7.11 Å². The molecular weight excluding hydrogens is 128 g/mol. The van der Waals surface area contributed by atoms with Crippen molar-refractivity contribution in [2.45, 2.75) is 38.1 Å². The zero-order chi connectivity index (χ0) is 6.53. The van der Waals surface area contributed by atoms with E-state index in [0.717, 1.165) is 0 Å². The van der Waals surface area contributed by atoms with Crippen molar-refractivity contribution in [3.63, 3.8) is 0 Å². The van der Waals surface area contributed by atoms with Crippen LogP contribution in [0.1, 0.15) is 32.1 Å². The average molecular weight is 146 g/mol. The molecule has 1 rings (SSSR count). The van der Waals surface area contributed by atoms with Crippen LogP contribution in [0.5, 0.6) is 0 Å². The third kappa shape index (κ3) is 3.15. The quantitative estimate of drug-likeness (QED) is 0.582. The lowest BCUT2D eigenvalue weighted by atomic mass is 9.96. The normalized spacial score (nSPS) is 20.1. The molecule has 0 aromatic heterocycles. The number of hydroxylamine groups is 1. The minimum absolute atomic E-state index is 0. The van der Waals surface area contributed by atoms with E-state index in [4.69, 9.17) is 4.84 Å². The molecule has 0 aromatic rings. The van der Waals surface area contributed by atoms with E-state index in [-0.39, 0.29) is 6.15 Å². The first-order valence-electron chi connectivity index (χ1n) is 3.72. The fourth-order valence-electron chi connectivity index (χ4n) is 1.39. The molecule has 3 nitrogen and oxygen atoms in total. The van der Waals surface area contributed by atoms with Gasteiger partial charge >= 0.3 is 0 Å². The van der Waals surface area contributed by atoms with Crippen molar-refractivity contribution in [3.05, 3.63) is 0 Å². The Bertz CT molecular complexity index is 69.3. The van der Waals surface area contributed by atoms with Gasteiger partial charge in [0.05, 0.1) is 7.11 Å². The zero-order valence-corrected chi connectivity index (χ0v) is 6.73. The van der Waals surface area contributed by atoms with Crippen LogP contribution in [0.4, 0.5) is 0 Å². The Morgan fingerprint density at radius 2 is 1.80 bits per heavy atom. The van der Waals surface area contributed by atoms with Gasteiger partial charge in [0.25, 0.3) is 0 Å². The predicted molar refractivity (Wildman–Crippen MR) is 42.0 cm³/mol. The summed E-state index contributed by atoms with van der Waals surface area (Å²) in [4.78, 5) is 4.83. The molecule has 1 fully saturated rings. The average Bonchev–Trinajstić information content (AvgIpc) is 1.91. The van der Waals surface area contributed by atoms with E-state index in [1.807, 2.05) is 0 Å². The van der Waals surface area contributed by atoms with Crippen LogP contribution in [0.25, 0.3) is 0 Å². The summed E-state index contributed by atoms with van der Waals surface area (Å²) in [6.07, 6.45) is 6.70. The van der Waals surface area contributed by atoms with Gasteiger partial charge < -0.3 is 11.0 Å². The molecule has 0 radical (unpaired) electrons. The lowest BCUT2D eigenvalue weighted by Gasteiger charge is -2.20. The molecule has 3 heteroatoms. The summed E-state index contributed by atoms with van der Waals surface area (Å²) in [5.74, 6) is 0. The molecule has 0 heterocycles. The molecular formula is C7H18N2O. The van der Waals surface area contributed by atoms with Crippen LogP contribution in [0.3, 0.4) is 0 Å². The van der Waals surface area contributed by atoms with Crippen LogP contribution in [-0.4, -0.2) is 13.2 Å². The Morgan fingerprint density at radius 1 is 1.20 bits per heavy atom. The highest BCUT2D eigenvalue weighted by molar-refractivity contribution is 4.67. The van der Waals surface area contributed by atoms with Crippen molar-refractivity contribution in [3.8, 4) is 0 Å². The highest BCUT2D eigenvalue weighted by atomic mass is 16.6. The molecule has 62 valence electrons. The molecule has 0 aromatic carbocycles. The third-order valence-corrected chi connectivity index (χ3v) is 1.89. The van der Waals surface area contributed by atoms with Crippen LogP contribution in [-0.2, 0) is 4.84 Å². The summed E-state index contributed by atoms with van der Waals surface area (Å²) in [6.45, 7) is 0. The number of hydrogen-bond donors (Lipinski definition) is 2. The maximum Gasteiger partial charge on any atom is 0.0572 e. The van der Waals surface area contributed by atoms with Crippen LogP contribution in [0.2, 0.25) is 0 Å². The lowest BCUT2D eigenvalue weighted by molar-refractivity contribution is 0.0489. The van der Waals surface area contributed by atoms with Crippen molar-refractivity contribution in [1.29, 1.82) is 0 Å². The largest absolute Gasteiger partial charge is 0.344 e. The Morgan fingerprint density at radius 3 is 2.30 bits per heavy atom. The molecule has 1 saturated carbocycles. The van der Waals surface area contributed by atoms with E-state index in [2.05, 4.69) is 5.48 Å². The van der Waals surface area contributed by atoms with Crippen molar-refractivity contribution in [1.82, 2.24) is 11.6 Å². The Hall–Kier alpha value is -0.120. The molecule has 0 saturated heterocycles. The highest BCUT2D eigenvalue weighted by Gasteiger charge is 2.11. The summed E-state index contributed by atoms with van der Waals surface area (Å²) in [5.41, 5.74) is 2.98. The van der Waals surface area contributed by atoms with Crippen molar-refractivity contribution < 1.29 is 4.84 Å². The first kappa shape index (κ1) is 9.88. The van der Waals surface area contributed by atoms with E-state index in [1.54, 1.807) is 7.11 Å². The van der Waals surface area contributed by atoms with E-state index in [1.165, 1.54) is 32.1 Å². The molecule has 1 aliphatic carbocycles. The first-order valence-corrected chi connectivity index (χ1v) is 3.72. The van der Waals surface area contributed by atoms with Gasteiger partial charge in [-0.25, -0.2) is 0 Å². The molecule has 4 N–H and O–H groups in total. The van der Waals surface area contributed by atoms with Gasteiger partial charge in [-0.2, -0.15) is 5.48 Å². The van der Waals surface area contributed by atoms with Gasteiger partial charge in [-0.15, -0.1) is 0 Å². The van der Waals surface area contributed by atoms with Gasteiger partial charge in [0.2, 0.25) is 0 Å². The monoisotopic (exact) mass is 146 g/mol. The topological polar surface area (TPSA) is 56.3 Å². The Kier molecular flexibility index (Phi) is 5.58. The third-order valence-electron chi connectivity index (χ3n) is 1.89. The smallest absolute Gasteiger partial charge is 0.0572 e. The highest BCUT2D eigenvalue weighted by Crippen LogP contribution is 2.16. The molecule has 1 aliphatic rings. The number of nitrogens with one attached hydrogen (secondary N) is 1. The summed E-state index contributed by atoms with van der Waals surface area (Å²) < 4.78 is 0. The summed E-state index contributed by atoms with van der Waals surface area (Å²) >= 11 is 0. The van der Waals surface area contributed by atoms with Gasteiger partial charge in [0, 0.05) is 6.04 Å². The second-order valence-electron chi connectivity index (χ2n) is 2.66. The van der Waals surface area contributed by atoms with Crippen LogP contribution >= 0.6 is 0 Å². The summed E-state index contributed by atoms with van der Waals surface area (Å²) in [5, 5.41) is 0. The molecule has 0 aliphatic heterocycles. The molecule has 10 heavy (non-hydrogen) atoms. The first-order chi connectivity index (χ1) is 4.43. The molecule has 0 spiro atoms. The van der Waals surface area contributed by atoms with Gasteiger partial charge in [0.15, 0.2) is 0 Å². The SMILES string of the molecule is CONC1CCCCC1.N. The maximum absolute atomic E-state index is 4.83. The molecule has 0 unspecified atom stereocenters. The van der Waals surface area contributed by atoms with Crippen LogP contribution < -0.4 is 11.6 Å². The lowest BCUT2D eigenvalue weighted by Crippen LogP contribution is -2.29. The van der Waals surface area contributed by atoms with Gasteiger partial charge in [0.1, 0.15) is 0 Å². The van der Waals surface area contributed by atoms with Gasteiger partial charge in [-0.05, 0) is 12.8 Å². The van der Waals surface area contributed by atoms with Gasteiger partial charge in [-0.1, -0.05) is 19.3 Å². The van der Waals surface area contributed by atoms with E-state index < -0.39 is 0 Å². The molecule has 0 amide bonds. The van der Waals surface area contributed by atoms with Crippen molar-refractivity contribution >= 4 is 0 Å². The Labute approximate surface area is 62.7 Å². The second-order valence-corrected chi connectivity index (χ2v) is 2.66. The van der Waals surface area contributed by atoms with Crippen molar-refractivity contribution in [2.24, 2.45) is 0 Å². The summed E-state index contributed by atoms with van der Waals surface area (Å²) in [6, 6.07) is 0.628. The molecule has 0 bridgehead atoms. The summed E-state index contributed by atoms with van der Waals surface area (Å²) in [7, 11) is 1.69. The second kappa shape index (κ2) is 5.65. The zero-order valence-electron chi connectivity index (χ0n) is 6.73. The maximum atomic E-state index is 4.83. The minimum atomic E-state index is 0. The van der Waals surface area contributed by atoms with Crippen LogP contribution in [0.15, 0.2) is 0 Å². The minimum Gasteiger partial charge on any atom is -0.344 e. The number of hydrogen-bond acceptors (Lipinski definition) is 3. The van der Waals surface area contributed by atoms with E-state index in [0.29, 0.717) is 6.04 Å². The van der Waals surface area contributed by atoms with Crippen LogP contribution in [0, 0.1) is 0 Å². The van der Waals surface area contributed by atoms with E-state index in [9.17, 15) is 0 Å².